The molecular weight excluding hydrogens is 493 g/mol. The molecule has 186 valence electrons. The highest BCUT2D eigenvalue weighted by Crippen LogP contribution is 2.36. The van der Waals surface area contributed by atoms with Crippen LogP contribution >= 0.6 is 23.7 Å². The molecule has 3 aliphatic rings. The molecule has 0 bridgehead atoms. The number of ether oxygens (including phenoxy) is 1. The van der Waals surface area contributed by atoms with Crippen LogP contribution in [0.15, 0.2) is 29.1 Å². The number of benzene rings is 1. The highest BCUT2D eigenvalue weighted by atomic mass is 35.5. The number of rotatable bonds is 5. The Morgan fingerprint density at radius 1 is 1.14 bits per heavy atom. The van der Waals surface area contributed by atoms with Crippen LogP contribution in [0.5, 0.6) is 5.75 Å². The van der Waals surface area contributed by atoms with Crippen LogP contribution in [0.25, 0.3) is 10.2 Å². The van der Waals surface area contributed by atoms with Crippen molar-refractivity contribution >= 4 is 45.7 Å². The predicted octanol–water partition coefficient (Wildman–Crippen LogP) is 3.09. The molecule has 35 heavy (non-hydrogen) atoms. The third-order valence-corrected chi connectivity index (χ3v) is 8.04. The van der Waals surface area contributed by atoms with E-state index in [1.165, 1.54) is 17.4 Å². The Morgan fingerprint density at radius 2 is 1.97 bits per heavy atom. The zero-order valence-corrected chi connectivity index (χ0v) is 20.7. The van der Waals surface area contributed by atoms with E-state index in [1.54, 1.807) is 10.6 Å². The van der Waals surface area contributed by atoms with Crippen molar-refractivity contribution < 1.29 is 13.9 Å². The van der Waals surface area contributed by atoms with Crippen molar-refractivity contribution in [3.63, 3.8) is 0 Å². The van der Waals surface area contributed by atoms with Crippen molar-refractivity contribution in [3.05, 3.63) is 51.0 Å². The molecule has 5 heterocycles. The normalized spacial score (nSPS) is 20.1. The number of amides is 1. The molecule has 1 unspecified atom stereocenters. The summed E-state index contributed by atoms with van der Waals surface area (Å²) in [7, 11) is 0. The molecule has 6 rings (SSSR count). The summed E-state index contributed by atoms with van der Waals surface area (Å²) in [5.41, 5.74) is 2.39. The number of anilines is 1. The number of nitrogens with zero attached hydrogens (tertiary/aromatic N) is 3. The molecule has 8 nitrogen and oxygen atoms in total. The van der Waals surface area contributed by atoms with Gasteiger partial charge in [0.05, 0.1) is 15.9 Å². The van der Waals surface area contributed by atoms with Crippen molar-refractivity contribution in [2.45, 2.75) is 44.3 Å². The standard InChI is InChI=1S/C24H26FN5O3S.ClH/c25-17-2-4-19-22-21(17)14(5-10-30(22)24(32)34-19)12-29-8-6-15(7-9-29)26-11-16-1-3-18-23(27-16)28-20(31)13-33-18;/h1-4,14-15,26H,5-13H2,(H,27,28,31);1H. The number of fused-ring (bicyclic) bond motifs is 1. The van der Waals surface area contributed by atoms with Crippen LogP contribution in [0, 0.1) is 5.82 Å². The van der Waals surface area contributed by atoms with E-state index in [2.05, 4.69) is 20.5 Å². The Balaban J connectivity index is 0.00000253. The van der Waals surface area contributed by atoms with Gasteiger partial charge in [-0.05, 0) is 56.6 Å². The minimum absolute atomic E-state index is 0. The summed E-state index contributed by atoms with van der Waals surface area (Å²) in [5.74, 6) is 0.815. The van der Waals surface area contributed by atoms with Gasteiger partial charge in [0.1, 0.15) is 5.82 Å². The van der Waals surface area contributed by atoms with Gasteiger partial charge in [0.15, 0.2) is 18.2 Å². The largest absolute Gasteiger partial charge is 0.480 e. The fraction of sp³-hybridized carbons (Fsp3) is 0.458. The number of pyridine rings is 1. The van der Waals surface area contributed by atoms with Crippen molar-refractivity contribution in [2.75, 3.05) is 31.6 Å². The van der Waals surface area contributed by atoms with Gasteiger partial charge < -0.3 is 20.3 Å². The molecule has 0 radical (unpaired) electrons. The van der Waals surface area contributed by atoms with Crippen LogP contribution in [-0.2, 0) is 17.9 Å². The fourth-order valence-electron chi connectivity index (χ4n) is 5.35. The molecule has 3 aromatic rings. The molecule has 0 aliphatic carbocycles. The molecule has 0 spiro atoms. The van der Waals surface area contributed by atoms with E-state index in [0.717, 1.165) is 60.4 Å². The number of piperidine rings is 1. The lowest BCUT2D eigenvalue weighted by molar-refractivity contribution is -0.118. The van der Waals surface area contributed by atoms with Crippen molar-refractivity contribution in [1.29, 1.82) is 0 Å². The van der Waals surface area contributed by atoms with Crippen molar-refractivity contribution in [1.82, 2.24) is 19.8 Å². The highest BCUT2D eigenvalue weighted by Gasteiger charge is 2.30. The molecule has 1 atom stereocenters. The lowest BCUT2D eigenvalue weighted by Crippen LogP contribution is -2.44. The minimum Gasteiger partial charge on any atom is -0.480 e. The number of halogens is 2. The molecule has 1 saturated heterocycles. The van der Waals surface area contributed by atoms with E-state index in [0.29, 0.717) is 30.7 Å². The summed E-state index contributed by atoms with van der Waals surface area (Å²) >= 11 is 1.21. The van der Waals surface area contributed by atoms with E-state index in [1.807, 2.05) is 12.1 Å². The molecule has 2 aromatic heterocycles. The first-order chi connectivity index (χ1) is 16.5. The van der Waals surface area contributed by atoms with Crippen LogP contribution in [0.2, 0.25) is 0 Å². The predicted molar refractivity (Wildman–Crippen MR) is 135 cm³/mol. The van der Waals surface area contributed by atoms with Crippen molar-refractivity contribution in [2.24, 2.45) is 0 Å². The van der Waals surface area contributed by atoms with Gasteiger partial charge in [-0.2, -0.15) is 0 Å². The smallest absolute Gasteiger partial charge is 0.308 e. The maximum atomic E-state index is 14.8. The summed E-state index contributed by atoms with van der Waals surface area (Å²) in [6, 6.07) is 7.39. The average molecular weight is 520 g/mol. The van der Waals surface area contributed by atoms with Crippen LogP contribution in [0.1, 0.15) is 36.4 Å². The zero-order chi connectivity index (χ0) is 23.2. The number of aromatic nitrogens is 2. The number of aryl methyl sites for hydroxylation is 1. The molecule has 11 heteroatoms. The van der Waals surface area contributed by atoms with Gasteiger partial charge in [-0.1, -0.05) is 11.3 Å². The maximum absolute atomic E-state index is 14.8. The van der Waals surface area contributed by atoms with Gasteiger partial charge in [0.2, 0.25) is 0 Å². The number of likely N-dealkylation sites (tertiary alicyclic amines) is 1. The lowest BCUT2D eigenvalue weighted by Gasteiger charge is -2.36. The SMILES string of the molecule is Cl.O=C1COc2ccc(CNC3CCN(CC4CCn5c(=O)sc6ccc(F)c4c65)CC3)nc2N1. The lowest BCUT2D eigenvalue weighted by atomic mass is 9.90. The molecule has 0 saturated carbocycles. The first-order valence-corrected chi connectivity index (χ1v) is 12.6. The van der Waals surface area contributed by atoms with Crippen LogP contribution in [-0.4, -0.2) is 52.6 Å². The van der Waals surface area contributed by atoms with Gasteiger partial charge in [-0.3, -0.25) is 14.2 Å². The Hall–Kier alpha value is -2.53. The first-order valence-electron chi connectivity index (χ1n) is 11.7. The number of thiazole rings is 1. The molecule has 3 aliphatic heterocycles. The Kier molecular flexibility index (Phi) is 6.80. The van der Waals surface area contributed by atoms with Gasteiger partial charge in [0, 0.05) is 37.2 Å². The van der Waals surface area contributed by atoms with Crippen LogP contribution in [0.3, 0.4) is 0 Å². The van der Waals surface area contributed by atoms with Gasteiger partial charge in [0.25, 0.3) is 5.91 Å². The van der Waals surface area contributed by atoms with Gasteiger partial charge in [-0.25, -0.2) is 9.37 Å². The second-order valence-electron chi connectivity index (χ2n) is 9.25. The highest BCUT2D eigenvalue weighted by molar-refractivity contribution is 7.16. The summed E-state index contributed by atoms with van der Waals surface area (Å²) in [5, 5.41) is 6.33. The van der Waals surface area contributed by atoms with Gasteiger partial charge >= 0.3 is 4.87 Å². The molecule has 1 aromatic carbocycles. The molecule has 1 fully saturated rings. The van der Waals surface area contributed by atoms with Crippen molar-refractivity contribution in [3.8, 4) is 5.75 Å². The number of nitrogens with one attached hydrogen (secondary N) is 2. The second-order valence-corrected chi connectivity index (χ2v) is 10.2. The Bertz CT molecular complexity index is 1320. The topological polar surface area (TPSA) is 88.5 Å². The van der Waals surface area contributed by atoms with E-state index >= 15 is 0 Å². The fourth-order valence-corrected chi connectivity index (χ4v) is 6.28. The van der Waals surface area contributed by atoms with E-state index in [-0.39, 0.29) is 41.5 Å². The second kappa shape index (κ2) is 9.85. The summed E-state index contributed by atoms with van der Waals surface area (Å²) < 4.78 is 22.8. The van der Waals surface area contributed by atoms with E-state index in [9.17, 15) is 14.0 Å². The number of hydrogen-bond donors (Lipinski definition) is 2. The molecular formula is C24H27ClFN5O3S. The summed E-state index contributed by atoms with van der Waals surface area (Å²) in [4.78, 5) is 30.7. The average Bonchev–Trinajstić information content (AvgIpc) is 3.17. The molecule has 2 N–H and O–H groups in total. The van der Waals surface area contributed by atoms with E-state index < -0.39 is 0 Å². The number of carbonyl (C=O) groups is 1. The van der Waals surface area contributed by atoms with Crippen LogP contribution < -0.4 is 20.2 Å². The zero-order valence-electron chi connectivity index (χ0n) is 19.1. The van der Waals surface area contributed by atoms with Gasteiger partial charge in [-0.15, -0.1) is 12.4 Å². The summed E-state index contributed by atoms with van der Waals surface area (Å²) in [6.45, 7) is 4.03. The number of carbonyl (C=O) groups excluding carboxylic acids is 1. The first kappa shape index (κ1) is 24.2. The third kappa shape index (κ3) is 4.67. The number of hydrogen-bond acceptors (Lipinski definition) is 7. The summed E-state index contributed by atoms with van der Waals surface area (Å²) in [6.07, 6.45) is 2.81. The third-order valence-electron chi connectivity index (χ3n) is 7.09. The molecule has 1 amide bonds. The van der Waals surface area contributed by atoms with Crippen LogP contribution in [0.4, 0.5) is 10.2 Å². The maximum Gasteiger partial charge on any atom is 0.308 e. The van der Waals surface area contributed by atoms with E-state index in [4.69, 9.17) is 4.74 Å². The monoisotopic (exact) mass is 519 g/mol. The minimum atomic E-state index is -0.195. The quantitative estimate of drug-likeness (QED) is 0.538. The Labute approximate surface area is 211 Å². The Morgan fingerprint density at radius 3 is 2.80 bits per heavy atom.